The molecule has 0 aromatic carbocycles. The van der Waals surface area contributed by atoms with Gasteiger partial charge in [0.2, 0.25) is 0 Å². The van der Waals surface area contributed by atoms with Gasteiger partial charge in [0.25, 0.3) is 0 Å². The SMILES string of the molecule is COCn1nc(C)c(Br)c1C. The Balaban J connectivity index is 2.98. The number of ether oxygens (including phenoxy) is 1. The zero-order chi connectivity index (χ0) is 8.43. The van der Waals surface area contributed by atoms with Crippen LogP contribution in [-0.2, 0) is 11.5 Å². The molecule has 0 unspecified atom stereocenters. The second-order valence-electron chi connectivity index (χ2n) is 2.40. The molecule has 11 heavy (non-hydrogen) atoms. The smallest absolute Gasteiger partial charge is 0.139 e. The maximum absolute atomic E-state index is 4.96. The first kappa shape index (κ1) is 8.74. The van der Waals surface area contributed by atoms with Crippen LogP contribution < -0.4 is 0 Å². The van der Waals surface area contributed by atoms with Gasteiger partial charge in [0.05, 0.1) is 15.9 Å². The summed E-state index contributed by atoms with van der Waals surface area (Å²) in [7, 11) is 1.66. The molecule has 0 saturated carbocycles. The molecule has 0 aliphatic carbocycles. The van der Waals surface area contributed by atoms with Crippen LogP contribution in [0.1, 0.15) is 11.4 Å². The highest BCUT2D eigenvalue weighted by molar-refractivity contribution is 9.10. The van der Waals surface area contributed by atoms with Crippen LogP contribution in [0.5, 0.6) is 0 Å². The highest BCUT2D eigenvalue weighted by atomic mass is 79.9. The topological polar surface area (TPSA) is 27.1 Å². The number of aromatic nitrogens is 2. The summed E-state index contributed by atoms with van der Waals surface area (Å²) >= 11 is 3.43. The Morgan fingerprint density at radius 1 is 1.55 bits per heavy atom. The second kappa shape index (κ2) is 3.36. The van der Waals surface area contributed by atoms with Gasteiger partial charge in [-0.25, -0.2) is 4.68 Å². The molecule has 0 fully saturated rings. The number of aryl methyl sites for hydroxylation is 1. The fourth-order valence-electron chi connectivity index (χ4n) is 0.923. The maximum Gasteiger partial charge on any atom is 0.139 e. The normalized spacial score (nSPS) is 10.5. The molecule has 0 amide bonds. The fraction of sp³-hybridized carbons (Fsp3) is 0.571. The molecule has 1 rings (SSSR count). The molecule has 1 aromatic rings. The summed E-state index contributed by atoms with van der Waals surface area (Å²) in [5.74, 6) is 0. The first-order valence-electron chi connectivity index (χ1n) is 3.35. The molecule has 1 heterocycles. The molecule has 0 N–H and O–H groups in total. The van der Waals surface area contributed by atoms with Crippen molar-refractivity contribution in [3.8, 4) is 0 Å². The van der Waals surface area contributed by atoms with Gasteiger partial charge in [0.1, 0.15) is 6.73 Å². The molecule has 4 heteroatoms. The molecular weight excluding hydrogens is 208 g/mol. The van der Waals surface area contributed by atoms with Crippen molar-refractivity contribution in [3.63, 3.8) is 0 Å². The zero-order valence-corrected chi connectivity index (χ0v) is 8.47. The number of rotatable bonds is 2. The van der Waals surface area contributed by atoms with Gasteiger partial charge in [-0.3, -0.25) is 0 Å². The van der Waals surface area contributed by atoms with Crippen molar-refractivity contribution < 1.29 is 4.74 Å². The van der Waals surface area contributed by atoms with Crippen LogP contribution in [0.15, 0.2) is 4.47 Å². The first-order chi connectivity index (χ1) is 5.16. The monoisotopic (exact) mass is 218 g/mol. The van der Waals surface area contributed by atoms with E-state index in [0.717, 1.165) is 15.9 Å². The van der Waals surface area contributed by atoms with E-state index in [-0.39, 0.29) is 0 Å². The van der Waals surface area contributed by atoms with Crippen LogP contribution in [0.4, 0.5) is 0 Å². The van der Waals surface area contributed by atoms with E-state index in [9.17, 15) is 0 Å². The molecule has 0 radical (unpaired) electrons. The summed E-state index contributed by atoms with van der Waals surface area (Å²) in [4.78, 5) is 0. The second-order valence-corrected chi connectivity index (χ2v) is 3.20. The van der Waals surface area contributed by atoms with E-state index in [1.807, 2.05) is 18.5 Å². The third kappa shape index (κ3) is 1.62. The molecular formula is C7H11BrN2O. The van der Waals surface area contributed by atoms with Crippen molar-refractivity contribution in [2.24, 2.45) is 0 Å². The molecule has 0 aliphatic heterocycles. The predicted molar refractivity (Wildman–Crippen MR) is 46.4 cm³/mol. The van der Waals surface area contributed by atoms with Gasteiger partial charge in [-0.15, -0.1) is 0 Å². The standard InChI is InChI=1S/C7H11BrN2O/c1-5-7(8)6(2)10(9-5)4-11-3/h4H2,1-3H3. The Labute approximate surface area is 74.5 Å². The molecule has 3 nitrogen and oxygen atoms in total. The number of nitrogens with zero attached hydrogens (tertiary/aromatic N) is 2. The Morgan fingerprint density at radius 3 is 2.55 bits per heavy atom. The van der Waals surface area contributed by atoms with Gasteiger partial charge < -0.3 is 4.74 Å². The van der Waals surface area contributed by atoms with Crippen LogP contribution >= 0.6 is 15.9 Å². The van der Waals surface area contributed by atoms with E-state index in [1.165, 1.54) is 0 Å². The van der Waals surface area contributed by atoms with Crippen LogP contribution in [0.25, 0.3) is 0 Å². The van der Waals surface area contributed by atoms with E-state index < -0.39 is 0 Å². The van der Waals surface area contributed by atoms with Gasteiger partial charge in [0.15, 0.2) is 0 Å². The van der Waals surface area contributed by atoms with Gasteiger partial charge >= 0.3 is 0 Å². The van der Waals surface area contributed by atoms with Crippen molar-refractivity contribution in [1.29, 1.82) is 0 Å². The number of halogens is 1. The van der Waals surface area contributed by atoms with Crippen LogP contribution in [-0.4, -0.2) is 16.9 Å². The van der Waals surface area contributed by atoms with Crippen molar-refractivity contribution in [3.05, 3.63) is 15.9 Å². The molecule has 0 saturated heterocycles. The lowest BCUT2D eigenvalue weighted by molar-refractivity contribution is 0.118. The van der Waals surface area contributed by atoms with Crippen LogP contribution in [0, 0.1) is 13.8 Å². The lowest BCUT2D eigenvalue weighted by atomic mass is 10.4. The largest absolute Gasteiger partial charge is 0.362 e. The molecule has 62 valence electrons. The number of hydrogen-bond acceptors (Lipinski definition) is 2. The minimum absolute atomic E-state index is 0.512. The third-order valence-corrected chi connectivity index (χ3v) is 2.69. The Bertz CT molecular complexity index is 257. The van der Waals surface area contributed by atoms with Crippen molar-refractivity contribution in [1.82, 2.24) is 9.78 Å². The Hall–Kier alpha value is -0.350. The molecule has 0 atom stereocenters. The molecule has 0 bridgehead atoms. The Kier molecular flexibility index (Phi) is 2.67. The molecule has 1 aromatic heterocycles. The van der Waals surface area contributed by atoms with Crippen molar-refractivity contribution in [2.75, 3.05) is 7.11 Å². The van der Waals surface area contributed by atoms with E-state index in [4.69, 9.17) is 4.74 Å². The Morgan fingerprint density at radius 2 is 2.18 bits per heavy atom. The fourth-order valence-corrected chi connectivity index (χ4v) is 1.21. The van der Waals surface area contributed by atoms with Crippen LogP contribution in [0.2, 0.25) is 0 Å². The molecule has 0 spiro atoms. The zero-order valence-electron chi connectivity index (χ0n) is 6.89. The number of methoxy groups -OCH3 is 1. The number of hydrogen-bond donors (Lipinski definition) is 0. The summed E-state index contributed by atoms with van der Waals surface area (Å²) < 4.78 is 7.84. The average Bonchev–Trinajstić information content (AvgIpc) is 2.19. The minimum Gasteiger partial charge on any atom is -0.362 e. The van der Waals surface area contributed by atoms with Gasteiger partial charge in [-0.2, -0.15) is 5.10 Å². The van der Waals surface area contributed by atoms with Gasteiger partial charge in [0, 0.05) is 7.11 Å². The van der Waals surface area contributed by atoms with Gasteiger partial charge in [-0.05, 0) is 29.8 Å². The lowest BCUT2D eigenvalue weighted by Gasteiger charge is -2.00. The highest BCUT2D eigenvalue weighted by Crippen LogP contribution is 2.19. The van der Waals surface area contributed by atoms with E-state index in [2.05, 4.69) is 21.0 Å². The summed E-state index contributed by atoms with van der Waals surface area (Å²) in [6.07, 6.45) is 0. The van der Waals surface area contributed by atoms with Crippen LogP contribution in [0.3, 0.4) is 0 Å². The summed E-state index contributed by atoms with van der Waals surface area (Å²) in [5.41, 5.74) is 2.10. The lowest BCUT2D eigenvalue weighted by Crippen LogP contribution is -2.03. The predicted octanol–water partition coefficient (Wildman–Crippen LogP) is 1.87. The summed E-state index contributed by atoms with van der Waals surface area (Å²) in [6.45, 7) is 4.48. The summed E-state index contributed by atoms with van der Waals surface area (Å²) in [5, 5.41) is 4.24. The minimum atomic E-state index is 0.512. The first-order valence-corrected chi connectivity index (χ1v) is 4.14. The summed E-state index contributed by atoms with van der Waals surface area (Å²) in [6, 6.07) is 0. The third-order valence-electron chi connectivity index (χ3n) is 1.54. The van der Waals surface area contributed by atoms with Crippen molar-refractivity contribution >= 4 is 15.9 Å². The maximum atomic E-state index is 4.96. The molecule has 0 aliphatic rings. The highest BCUT2D eigenvalue weighted by Gasteiger charge is 2.06. The quantitative estimate of drug-likeness (QED) is 0.759. The van der Waals surface area contributed by atoms with Gasteiger partial charge in [-0.1, -0.05) is 0 Å². The average molecular weight is 219 g/mol. The van der Waals surface area contributed by atoms with E-state index >= 15 is 0 Å². The van der Waals surface area contributed by atoms with E-state index in [1.54, 1.807) is 7.11 Å². The van der Waals surface area contributed by atoms with Crippen molar-refractivity contribution in [2.45, 2.75) is 20.6 Å². The van der Waals surface area contributed by atoms with E-state index in [0.29, 0.717) is 6.73 Å².